The van der Waals surface area contributed by atoms with Gasteiger partial charge in [0.15, 0.2) is 5.82 Å². The molecule has 0 saturated heterocycles. The third kappa shape index (κ3) is 2.44. The van der Waals surface area contributed by atoms with Gasteiger partial charge in [0, 0.05) is 0 Å². The van der Waals surface area contributed by atoms with E-state index in [1.807, 2.05) is 0 Å². The lowest BCUT2D eigenvalue weighted by atomic mass is 10.3. The summed E-state index contributed by atoms with van der Waals surface area (Å²) in [6.45, 7) is 0. The number of nitrogens with two attached hydrogens (primary N) is 2. The summed E-state index contributed by atoms with van der Waals surface area (Å²) in [7, 11) is 0. The van der Waals surface area contributed by atoms with Gasteiger partial charge in [0.25, 0.3) is 0 Å². The molecule has 0 unspecified atom stereocenters. The van der Waals surface area contributed by atoms with Crippen LogP contribution >= 0.6 is 0 Å². The summed E-state index contributed by atoms with van der Waals surface area (Å²) >= 11 is 0. The van der Waals surface area contributed by atoms with Gasteiger partial charge in [0.2, 0.25) is 11.9 Å². The molecule has 2 aromatic rings. The lowest BCUT2D eigenvalue weighted by molar-refractivity contribution is -0.141. The minimum Gasteiger partial charge on any atom is -0.368 e. The Morgan fingerprint density at radius 1 is 0.889 bits per heavy atom. The number of hydrogen-bond acceptors (Lipinski definition) is 6. The molecule has 0 amide bonds. The Labute approximate surface area is 98.9 Å². The van der Waals surface area contributed by atoms with Crippen molar-refractivity contribution in [3.05, 3.63) is 23.9 Å². The minimum atomic E-state index is -4.54. The summed E-state index contributed by atoms with van der Waals surface area (Å²) in [5, 5.41) is 0. The zero-order valence-corrected chi connectivity index (χ0v) is 8.81. The van der Waals surface area contributed by atoms with Gasteiger partial charge in [0.1, 0.15) is 11.4 Å². The normalized spacial score (nSPS) is 11.5. The molecule has 9 heteroatoms. The Bertz CT molecular complexity index is 563. The fourth-order valence-corrected chi connectivity index (χ4v) is 1.24. The monoisotopic (exact) mass is 256 g/mol. The molecule has 0 fully saturated rings. The van der Waals surface area contributed by atoms with Gasteiger partial charge in [-0.15, -0.1) is 0 Å². The fraction of sp³-hybridized carbons (Fsp3) is 0.111. The zero-order chi connectivity index (χ0) is 13.3. The summed E-state index contributed by atoms with van der Waals surface area (Å²) in [6.07, 6.45) is -4.54. The van der Waals surface area contributed by atoms with Crippen molar-refractivity contribution >= 4 is 11.9 Å². The van der Waals surface area contributed by atoms with E-state index in [0.29, 0.717) is 0 Å². The van der Waals surface area contributed by atoms with Crippen molar-refractivity contribution in [1.29, 1.82) is 0 Å². The Morgan fingerprint density at radius 3 is 2.06 bits per heavy atom. The second-order valence-electron chi connectivity index (χ2n) is 3.28. The summed E-state index contributed by atoms with van der Waals surface area (Å²) in [4.78, 5) is 14.3. The number of nitrogens with zero attached hydrogens (tertiary/aromatic N) is 4. The number of aromatic nitrogens is 4. The van der Waals surface area contributed by atoms with Crippen LogP contribution in [0, 0.1) is 0 Å². The SMILES string of the molecule is Nc1nc(N)nc(-c2cccc(C(F)(F)F)n2)n1. The van der Waals surface area contributed by atoms with Crippen molar-refractivity contribution in [2.24, 2.45) is 0 Å². The number of nitrogen functional groups attached to an aromatic ring is 2. The molecule has 0 radical (unpaired) electrons. The molecule has 2 rings (SSSR count). The van der Waals surface area contributed by atoms with Crippen LogP contribution in [0.2, 0.25) is 0 Å². The third-order valence-corrected chi connectivity index (χ3v) is 1.94. The van der Waals surface area contributed by atoms with Crippen LogP contribution in [-0.2, 0) is 6.18 Å². The molecular formula is C9H7F3N6. The van der Waals surface area contributed by atoms with Gasteiger partial charge in [-0.05, 0) is 12.1 Å². The predicted molar refractivity (Wildman–Crippen MR) is 56.9 cm³/mol. The van der Waals surface area contributed by atoms with Crippen LogP contribution in [0.5, 0.6) is 0 Å². The topological polar surface area (TPSA) is 104 Å². The molecule has 0 saturated carbocycles. The molecule has 0 atom stereocenters. The van der Waals surface area contributed by atoms with Gasteiger partial charge < -0.3 is 11.5 Å². The standard InChI is InChI=1S/C9H7F3N6/c10-9(11,12)5-3-1-2-4(15-5)6-16-7(13)18-8(14)17-6/h1-3H,(H4,13,14,16,17,18). The molecule has 94 valence electrons. The molecule has 0 bridgehead atoms. The summed E-state index contributed by atoms with van der Waals surface area (Å²) in [6, 6.07) is 3.36. The molecular weight excluding hydrogens is 249 g/mol. The molecule has 6 nitrogen and oxygen atoms in total. The highest BCUT2D eigenvalue weighted by molar-refractivity contribution is 5.52. The van der Waals surface area contributed by atoms with Crippen molar-refractivity contribution in [2.75, 3.05) is 11.5 Å². The average Bonchev–Trinajstić information content (AvgIpc) is 2.27. The van der Waals surface area contributed by atoms with E-state index in [2.05, 4.69) is 19.9 Å². The number of pyridine rings is 1. The highest BCUT2D eigenvalue weighted by Crippen LogP contribution is 2.28. The van der Waals surface area contributed by atoms with Crippen LogP contribution < -0.4 is 11.5 Å². The Kier molecular flexibility index (Phi) is 2.73. The number of halogens is 3. The lowest BCUT2D eigenvalue weighted by Gasteiger charge is -2.07. The first-order valence-electron chi connectivity index (χ1n) is 4.68. The molecule has 0 aliphatic rings. The molecule has 0 aromatic carbocycles. The van der Waals surface area contributed by atoms with E-state index in [-0.39, 0.29) is 23.4 Å². The van der Waals surface area contributed by atoms with Crippen molar-refractivity contribution in [3.63, 3.8) is 0 Å². The van der Waals surface area contributed by atoms with Crippen LogP contribution in [0.1, 0.15) is 5.69 Å². The maximum Gasteiger partial charge on any atom is 0.433 e. The number of hydrogen-bond donors (Lipinski definition) is 2. The molecule has 2 heterocycles. The molecule has 0 aliphatic heterocycles. The Hall–Kier alpha value is -2.45. The number of alkyl halides is 3. The number of rotatable bonds is 1. The Morgan fingerprint density at radius 2 is 1.50 bits per heavy atom. The minimum absolute atomic E-state index is 0.0781. The van der Waals surface area contributed by atoms with E-state index < -0.39 is 11.9 Å². The van der Waals surface area contributed by atoms with Crippen molar-refractivity contribution < 1.29 is 13.2 Å². The summed E-state index contributed by atoms with van der Waals surface area (Å²) < 4.78 is 37.4. The van der Waals surface area contributed by atoms with Crippen LogP contribution in [0.4, 0.5) is 25.1 Å². The first-order chi connectivity index (χ1) is 8.36. The van der Waals surface area contributed by atoms with Crippen molar-refractivity contribution in [2.45, 2.75) is 6.18 Å². The number of anilines is 2. The van der Waals surface area contributed by atoms with Crippen LogP contribution in [0.25, 0.3) is 11.5 Å². The fourth-order valence-electron chi connectivity index (χ4n) is 1.24. The van der Waals surface area contributed by atoms with E-state index >= 15 is 0 Å². The first-order valence-corrected chi connectivity index (χ1v) is 4.68. The Balaban J connectivity index is 2.51. The molecule has 4 N–H and O–H groups in total. The zero-order valence-electron chi connectivity index (χ0n) is 8.81. The lowest BCUT2D eigenvalue weighted by Crippen LogP contribution is -2.09. The van der Waals surface area contributed by atoms with Crippen molar-refractivity contribution in [3.8, 4) is 11.5 Å². The van der Waals surface area contributed by atoms with Crippen LogP contribution in [0.3, 0.4) is 0 Å². The molecule has 2 aromatic heterocycles. The molecule has 18 heavy (non-hydrogen) atoms. The summed E-state index contributed by atoms with van der Waals surface area (Å²) in [5.41, 5.74) is 9.53. The van der Waals surface area contributed by atoms with Gasteiger partial charge >= 0.3 is 6.18 Å². The highest BCUT2D eigenvalue weighted by atomic mass is 19.4. The van der Waals surface area contributed by atoms with E-state index in [4.69, 9.17) is 11.5 Å². The summed E-state index contributed by atoms with van der Waals surface area (Å²) in [5.74, 6) is -0.473. The smallest absolute Gasteiger partial charge is 0.368 e. The maximum absolute atomic E-state index is 12.5. The van der Waals surface area contributed by atoms with Gasteiger partial charge in [-0.2, -0.15) is 28.1 Å². The first kappa shape index (κ1) is 12.0. The van der Waals surface area contributed by atoms with Gasteiger partial charge in [-0.1, -0.05) is 6.07 Å². The predicted octanol–water partition coefficient (Wildman–Crippen LogP) is 1.12. The van der Waals surface area contributed by atoms with Gasteiger partial charge in [-0.25, -0.2) is 4.98 Å². The second kappa shape index (κ2) is 4.09. The largest absolute Gasteiger partial charge is 0.433 e. The van der Waals surface area contributed by atoms with E-state index in [0.717, 1.165) is 6.07 Å². The maximum atomic E-state index is 12.5. The van der Waals surface area contributed by atoms with Crippen LogP contribution in [0.15, 0.2) is 18.2 Å². The van der Waals surface area contributed by atoms with Gasteiger partial charge in [0.05, 0.1) is 0 Å². The highest BCUT2D eigenvalue weighted by Gasteiger charge is 2.32. The quantitative estimate of drug-likeness (QED) is 0.792. The molecule has 0 aliphatic carbocycles. The van der Waals surface area contributed by atoms with E-state index in [1.165, 1.54) is 12.1 Å². The van der Waals surface area contributed by atoms with Gasteiger partial charge in [-0.3, -0.25) is 0 Å². The third-order valence-electron chi connectivity index (χ3n) is 1.94. The molecule has 0 spiro atoms. The average molecular weight is 256 g/mol. The second-order valence-corrected chi connectivity index (χ2v) is 3.28. The van der Waals surface area contributed by atoms with E-state index in [9.17, 15) is 13.2 Å². The van der Waals surface area contributed by atoms with Crippen molar-refractivity contribution in [1.82, 2.24) is 19.9 Å². The van der Waals surface area contributed by atoms with Crippen LogP contribution in [-0.4, -0.2) is 19.9 Å². The van der Waals surface area contributed by atoms with E-state index in [1.54, 1.807) is 0 Å².